The Morgan fingerprint density at radius 3 is 2.89 bits per heavy atom. The molecule has 1 aromatic carbocycles. The first-order valence-corrected chi connectivity index (χ1v) is 5.81. The molecule has 18 heavy (non-hydrogen) atoms. The Hall–Kier alpha value is -1.94. The van der Waals surface area contributed by atoms with Crippen molar-refractivity contribution >= 4 is 16.8 Å². The molecule has 0 fully saturated rings. The van der Waals surface area contributed by atoms with E-state index in [1.807, 2.05) is 6.08 Å². The maximum Gasteiger partial charge on any atom is 0.204 e. The van der Waals surface area contributed by atoms with Crippen LogP contribution >= 0.6 is 0 Å². The van der Waals surface area contributed by atoms with Crippen LogP contribution in [0.3, 0.4) is 0 Å². The number of furan rings is 1. The van der Waals surface area contributed by atoms with Crippen LogP contribution in [0.15, 0.2) is 40.8 Å². The highest BCUT2D eigenvalue weighted by Crippen LogP contribution is 2.26. The lowest BCUT2D eigenvalue weighted by molar-refractivity contribution is 0.0917. The number of hydrogen-bond acceptors (Lipinski definition) is 3. The van der Waals surface area contributed by atoms with Gasteiger partial charge in [0.25, 0.3) is 0 Å². The summed E-state index contributed by atoms with van der Waals surface area (Å²) in [6, 6.07) is 5.70. The number of rotatable bonds is 2. The SMILES string of the molecule is NC1C=CC(C(=O)c2cc3cc(F)ccc3o2)C1. The summed E-state index contributed by atoms with van der Waals surface area (Å²) in [6.07, 6.45) is 4.23. The number of Topliss-reactive ketones (excluding diaryl/α,β-unsaturated/α-hetero) is 1. The molecule has 0 aliphatic heterocycles. The highest BCUT2D eigenvalue weighted by molar-refractivity contribution is 6.00. The van der Waals surface area contributed by atoms with Gasteiger partial charge in [-0.2, -0.15) is 0 Å². The zero-order valence-electron chi connectivity index (χ0n) is 9.60. The van der Waals surface area contributed by atoms with Crippen LogP contribution in [0.5, 0.6) is 0 Å². The number of fused-ring (bicyclic) bond motifs is 1. The summed E-state index contributed by atoms with van der Waals surface area (Å²) in [4.78, 5) is 12.2. The fraction of sp³-hybridized carbons (Fsp3) is 0.214. The topological polar surface area (TPSA) is 56.2 Å². The zero-order chi connectivity index (χ0) is 12.7. The smallest absolute Gasteiger partial charge is 0.204 e. The molecule has 2 N–H and O–H groups in total. The van der Waals surface area contributed by atoms with Gasteiger partial charge >= 0.3 is 0 Å². The van der Waals surface area contributed by atoms with Crippen LogP contribution in [-0.4, -0.2) is 11.8 Å². The third-order valence-corrected chi connectivity index (χ3v) is 3.17. The van der Waals surface area contributed by atoms with E-state index in [9.17, 15) is 9.18 Å². The summed E-state index contributed by atoms with van der Waals surface area (Å²) < 4.78 is 18.5. The number of hydrogen-bond donors (Lipinski definition) is 1. The Labute approximate surface area is 103 Å². The van der Waals surface area contributed by atoms with Crippen LogP contribution < -0.4 is 5.73 Å². The van der Waals surface area contributed by atoms with Crippen molar-refractivity contribution in [2.24, 2.45) is 11.7 Å². The van der Waals surface area contributed by atoms with Crippen LogP contribution in [0.4, 0.5) is 4.39 Å². The molecular weight excluding hydrogens is 233 g/mol. The summed E-state index contributed by atoms with van der Waals surface area (Å²) in [6.45, 7) is 0. The highest BCUT2D eigenvalue weighted by Gasteiger charge is 2.26. The van der Waals surface area contributed by atoms with Gasteiger partial charge in [0.2, 0.25) is 5.78 Å². The third kappa shape index (κ3) is 1.84. The number of carbonyl (C=O) groups is 1. The number of carbonyl (C=O) groups excluding carboxylic acids is 1. The minimum absolute atomic E-state index is 0.0687. The molecule has 0 spiro atoms. The minimum Gasteiger partial charge on any atom is -0.453 e. The van der Waals surface area contributed by atoms with Crippen molar-refractivity contribution in [2.75, 3.05) is 0 Å². The predicted octanol–water partition coefficient (Wildman–Crippen LogP) is 2.66. The monoisotopic (exact) mass is 245 g/mol. The molecule has 0 amide bonds. The predicted molar refractivity (Wildman–Crippen MR) is 65.7 cm³/mol. The summed E-state index contributed by atoms with van der Waals surface area (Å²) in [5, 5.41) is 0.602. The number of ketones is 1. The van der Waals surface area contributed by atoms with Crippen molar-refractivity contribution in [3.8, 4) is 0 Å². The number of benzene rings is 1. The second-order valence-corrected chi connectivity index (χ2v) is 4.55. The van der Waals surface area contributed by atoms with Gasteiger partial charge in [-0.3, -0.25) is 4.79 Å². The second-order valence-electron chi connectivity index (χ2n) is 4.55. The fourth-order valence-electron chi connectivity index (χ4n) is 2.24. The molecule has 0 radical (unpaired) electrons. The lowest BCUT2D eigenvalue weighted by Gasteiger charge is -2.05. The van der Waals surface area contributed by atoms with Gasteiger partial charge < -0.3 is 10.2 Å². The molecule has 3 rings (SSSR count). The van der Waals surface area contributed by atoms with Gasteiger partial charge in [-0.1, -0.05) is 12.2 Å². The zero-order valence-corrected chi connectivity index (χ0v) is 9.60. The van der Waals surface area contributed by atoms with Crippen LogP contribution in [-0.2, 0) is 0 Å². The van der Waals surface area contributed by atoms with Gasteiger partial charge in [-0.05, 0) is 30.7 Å². The molecule has 1 aliphatic rings. The maximum absolute atomic E-state index is 13.0. The van der Waals surface area contributed by atoms with E-state index in [1.54, 1.807) is 12.1 Å². The van der Waals surface area contributed by atoms with E-state index < -0.39 is 0 Å². The molecule has 1 aromatic heterocycles. The second kappa shape index (κ2) is 4.07. The van der Waals surface area contributed by atoms with Crippen LogP contribution in [0, 0.1) is 11.7 Å². The van der Waals surface area contributed by atoms with Crippen molar-refractivity contribution < 1.29 is 13.6 Å². The van der Waals surface area contributed by atoms with Crippen LogP contribution in [0.1, 0.15) is 17.0 Å². The number of nitrogens with two attached hydrogens (primary N) is 1. The van der Waals surface area contributed by atoms with Gasteiger partial charge in [-0.25, -0.2) is 4.39 Å². The molecule has 0 saturated heterocycles. The summed E-state index contributed by atoms with van der Waals surface area (Å²) in [5.41, 5.74) is 6.24. The average molecular weight is 245 g/mol. The summed E-state index contributed by atoms with van der Waals surface area (Å²) in [7, 11) is 0. The molecule has 0 saturated carbocycles. The van der Waals surface area contributed by atoms with Crippen LogP contribution in [0.25, 0.3) is 11.0 Å². The van der Waals surface area contributed by atoms with Crippen molar-refractivity contribution in [2.45, 2.75) is 12.5 Å². The van der Waals surface area contributed by atoms with Gasteiger partial charge in [0.1, 0.15) is 11.4 Å². The lowest BCUT2D eigenvalue weighted by Crippen LogP contribution is -2.18. The normalized spacial score (nSPS) is 22.8. The fourth-order valence-corrected chi connectivity index (χ4v) is 2.24. The maximum atomic E-state index is 13.0. The van der Waals surface area contributed by atoms with Gasteiger partial charge in [-0.15, -0.1) is 0 Å². The molecule has 4 heteroatoms. The van der Waals surface area contributed by atoms with E-state index in [4.69, 9.17) is 10.2 Å². The Bertz CT molecular complexity index is 644. The Balaban J connectivity index is 1.94. The average Bonchev–Trinajstić information content (AvgIpc) is 2.93. The minimum atomic E-state index is -0.343. The van der Waals surface area contributed by atoms with Crippen molar-refractivity contribution in [3.63, 3.8) is 0 Å². The van der Waals surface area contributed by atoms with Gasteiger partial charge in [0.15, 0.2) is 5.76 Å². The number of halogens is 1. The highest BCUT2D eigenvalue weighted by atomic mass is 19.1. The van der Waals surface area contributed by atoms with Crippen molar-refractivity contribution in [1.82, 2.24) is 0 Å². The number of allylic oxidation sites excluding steroid dienone is 1. The van der Waals surface area contributed by atoms with E-state index in [2.05, 4.69) is 0 Å². The molecule has 1 heterocycles. The molecule has 3 nitrogen and oxygen atoms in total. The van der Waals surface area contributed by atoms with Gasteiger partial charge in [0, 0.05) is 17.3 Å². The van der Waals surface area contributed by atoms with E-state index in [1.165, 1.54) is 18.2 Å². The van der Waals surface area contributed by atoms with E-state index in [0.717, 1.165) is 0 Å². The van der Waals surface area contributed by atoms with Crippen molar-refractivity contribution in [3.05, 3.63) is 48.0 Å². The molecule has 1 aliphatic carbocycles. The van der Waals surface area contributed by atoms with E-state index in [-0.39, 0.29) is 29.3 Å². The molecule has 92 valence electrons. The largest absolute Gasteiger partial charge is 0.453 e. The lowest BCUT2D eigenvalue weighted by atomic mass is 10.0. The van der Waals surface area contributed by atoms with Gasteiger partial charge in [0.05, 0.1) is 0 Å². The summed E-state index contributed by atoms with van der Waals surface area (Å²) in [5.74, 6) is -0.411. The molecule has 2 atom stereocenters. The first-order chi connectivity index (χ1) is 8.63. The van der Waals surface area contributed by atoms with Crippen LogP contribution in [0.2, 0.25) is 0 Å². The standard InChI is InChI=1S/C14H12FNO2/c15-10-2-4-12-9(5-10)7-13(18-12)14(17)8-1-3-11(16)6-8/h1-5,7-8,11H,6,16H2. The quantitative estimate of drug-likeness (QED) is 0.653. The summed E-state index contributed by atoms with van der Waals surface area (Å²) >= 11 is 0. The molecular formula is C14H12FNO2. The Morgan fingerprint density at radius 1 is 1.33 bits per heavy atom. The molecule has 0 bridgehead atoms. The molecule has 2 aromatic rings. The Kier molecular flexibility index (Phi) is 2.52. The third-order valence-electron chi connectivity index (χ3n) is 3.17. The first kappa shape index (κ1) is 11.2. The van der Waals surface area contributed by atoms with E-state index >= 15 is 0 Å². The first-order valence-electron chi connectivity index (χ1n) is 5.81. The van der Waals surface area contributed by atoms with E-state index in [0.29, 0.717) is 17.4 Å². The van der Waals surface area contributed by atoms with Crippen molar-refractivity contribution in [1.29, 1.82) is 0 Å². The Morgan fingerprint density at radius 2 is 2.17 bits per heavy atom. The molecule has 2 unspecified atom stereocenters.